The number of amides is 1. The van der Waals surface area contributed by atoms with Gasteiger partial charge in [-0.2, -0.15) is 19.7 Å². The Kier molecular flexibility index (Phi) is 3.10. The molecule has 3 aromatic rings. The summed E-state index contributed by atoms with van der Waals surface area (Å²) < 4.78 is 3.19. The van der Waals surface area contributed by atoms with E-state index in [1.54, 1.807) is 4.68 Å². The molecule has 8 heteroatoms. The molecular formula is C15H17N7O. The first-order valence-electron chi connectivity index (χ1n) is 7.63. The van der Waals surface area contributed by atoms with Crippen LogP contribution in [0.1, 0.15) is 53.6 Å². The zero-order valence-electron chi connectivity index (χ0n) is 13.0. The summed E-state index contributed by atoms with van der Waals surface area (Å²) in [7, 11) is 1.85. The molecule has 0 bridgehead atoms. The number of hydrogen-bond acceptors (Lipinski definition) is 5. The maximum Gasteiger partial charge on any atom is 0.270 e. The van der Waals surface area contributed by atoms with Gasteiger partial charge in [0.1, 0.15) is 12.0 Å². The Balaban J connectivity index is 1.64. The van der Waals surface area contributed by atoms with Crippen molar-refractivity contribution in [1.82, 2.24) is 34.7 Å². The summed E-state index contributed by atoms with van der Waals surface area (Å²) in [5.41, 5.74) is 2.19. The van der Waals surface area contributed by atoms with Crippen molar-refractivity contribution in [3.63, 3.8) is 0 Å². The van der Waals surface area contributed by atoms with Crippen molar-refractivity contribution >= 4 is 11.7 Å². The highest BCUT2D eigenvalue weighted by Gasteiger charge is 2.28. The third kappa shape index (κ3) is 2.56. The van der Waals surface area contributed by atoms with Gasteiger partial charge in [0.05, 0.1) is 11.7 Å². The van der Waals surface area contributed by atoms with Crippen LogP contribution in [0.4, 0.5) is 0 Å². The quantitative estimate of drug-likeness (QED) is 0.782. The first-order valence-corrected chi connectivity index (χ1v) is 7.63. The van der Waals surface area contributed by atoms with Gasteiger partial charge in [0.25, 0.3) is 11.7 Å². The molecule has 4 rings (SSSR count). The lowest BCUT2D eigenvalue weighted by Gasteiger charge is -2.12. The number of carbonyl (C=O) groups is 1. The van der Waals surface area contributed by atoms with Gasteiger partial charge in [-0.1, -0.05) is 0 Å². The van der Waals surface area contributed by atoms with Crippen molar-refractivity contribution in [1.29, 1.82) is 0 Å². The molecule has 3 heterocycles. The zero-order chi connectivity index (χ0) is 16.0. The van der Waals surface area contributed by atoms with Gasteiger partial charge >= 0.3 is 0 Å². The second-order valence-electron chi connectivity index (χ2n) is 5.92. The highest BCUT2D eigenvalue weighted by Crippen LogP contribution is 2.39. The number of carbonyl (C=O) groups excluding carboxylic acids is 1. The first-order chi connectivity index (χ1) is 11.1. The molecule has 1 fully saturated rings. The third-order valence-electron chi connectivity index (χ3n) is 4.03. The van der Waals surface area contributed by atoms with E-state index in [-0.39, 0.29) is 11.9 Å². The standard InChI is InChI=1S/C15H17N7O/c1-9(11-5-6-21(2)20-11)18-14(23)13-7-12(10-3-4-10)19-15-16-8-17-22(13)15/h5-10H,3-4H2,1-2H3,(H,18,23). The van der Waals surface area contributed by atoms with Gasteiger partial charge < -0.3 is 5.32 Å². The van der Waals surface area contributed by atoms with Crippen molar-refractivity contribution in [2.24, 2.45) is 7.05 Å². The van der Waals surface area contributed by atoms with Gasteiger partial charge in [0.2, 0.25) is 0 Å². The predicted molar refractivity (Wildman–Crippen MR) is 81.8 cm³/mol. The fraction of sp³-hybridized carbons (Fsp3) is 0.400. The van der Waals surface area contributed by atoms with Crippen LogP contribution in [0.15, 0.2) is 24.7 Å². The van der Waals surface area contributed by atoms with Crippen molar-refractivity contribution in [3.05, 3.63) is 41.7 Å². The molecule has 118 valence electrons. The number of aromatic nitrogens is 6. The molecule has 1 aliphatic rings. The Bertz CT molecular complexity index is 877. The summed E-state index contributed by atoms with van der Waals surface area (Å²) in [5, 5.41) is 11.4. The number of rotatable bonds is 4. The Hall–Kier alpha value is -2.77. The Morgan fingerprint density at radius 3 is 2.96 bits per heavy atom. The second-order valence-corrected chi connectivity index (χ2v) is 5.92. The molecule has 1 atom stereocenters. The summed E-state index contributed by atoms with van der Waals surface area (Å²) in [6.07, 6.45) is 5.49. The van der Waals surface area contributed by atoms with Crippen LogP contribution in [0.3, 0.4) is 0 Å². The SMILES string of the molecule is CC(NC(=O)c1cc(C2CC2)nc2ncnn12)c1ccn(C)n1. The van der Waals surface area contributed by atoms with Crippen LogP contribution in [0.5, 0.6) is 0 Å². The molecule has 0 radical (unpaired) electrons. The van der Waals surface area contributed by atoms with E-state index in [1.807, 2.05) is 32.3 Å². The molecule has 23 heavy (non-hydrogen) atoms. The van der Waals surface area contributed by atoms with E-state index < -0.39 is 0 Å². The van der Waals surface area contributed by atoms with E-state index in [0.29, 0.717) is 17.4 Å². The van der Waals surface area contributed by atoms with Crippen molar-refractivity contribution in [3.8, 4) is 0 Å². The van der Waals surface area contributed by atoms with Crippen LogP contribution >= 0.6 is 0 Å². The van der Waals surface area contributed by atoms with Crippen LogP contribution in [-0.4, -0.2) is 35.3 Å². The molecule has 1 amide bonds. The lowest BCUT2D eigenvalue weighted by molar-refractivity contribution is 0.0931. The Morgan fingerprint density at radius 2 is 2.26 bits per heavy atom. The van der Waals surface area contributed by atoms with Gasteiger partial charge in [0.15, 0.2) is 0 Å². The average molecular weight is 311 g/mol. The van der Waals surface area contributed by atoms with Gasteiger partial charge in [-0.25, -0.2) is 4.98 Å². The highest BCUT2D eigenvalue weighted by atomic mass is 16.2. The maximum absolute atomic E-state index is 12.7. The molecule has 1 unspecified atom stereocenters. The molecule has 0 aromatic carbocycles. The summed E-state index contributed by atoms with van der Waals surface area (Å²) in [5.74, 6) is 0.699. The average Bonchev–Trinajstić information content (AvgIpc) is 3.11. The Labute approximate surface area is 132 Å². The largest absolute Gasteiger partial charge is 0.343 e. The molecule has 1 saturated carbocycles. The van der Waals surface area contributed by atoms with Crippen molar-refractivity contribution in [2.75, 3.05) is 0 Å². The van der Waals surface area contributed by atoms with Crippen LogP contribution in [0.2, 0.25) is 0 Å². The van der Waals surface area contributed by atoms with E-state index in [4.69, 9.17) is 0 Å². The Morgan fingerprint density at radius 1 is 1.43 bits per heavy atom. The monoisotopic (exact) mass is 311 g/mol. The molecule has 0 spiro atoms. The number of fused-ring (bicyclic) bond motifs is 1. The van der Waals surface area contributed by atoms with Crippen LogP contribution < -0.4 is 5.32 Å². The molecule has 0 aliphatic heterocycles. The topological polar surface area (TPSA) is 90.0 Å². The van der Waals surface area contributed by atoms with E-state index >= 15 is 0 Å². The predicted octanol–water partition coefficient (Wildman–Crippen LogP) is 1.23. The van der Waals surface area contributed by atoms with E-state index in [0.717, 1.165) is 24.2 Å². The number of hydrogen-bond donors (Lipinski definition) is 1. The number of nitrogens with one attached hydrogen (secondary N) is 1. The fourth-order valence-electron chi connectivity index (χ4n) is 2.59. The van der Waals surface area contributed by atoms with Crippen molar-refractivity contribution in [2.45, 2.75) is 31.7 Å². The van der Waals surface area contributed by atoms with E-state index in [9.17, 15) is 4.79 Å². The zero-order valence-corrected chi connectivity index (χ0v) is 13.0. The van der Waals surface area contributed by atoms with Crippen molar-refractivity contribution < 1.29 is 4.79 Å². The van der Waals surface area contributed by atoms with E-state index in [1.165, 1.54) is 10.8 Å². The van der Waals surface area contributed by atoms with Crippen LogP contribution in [0.25, 0.3) is 5.78 Å². The number of aryl methyl sites for hydroxylation is 1. The summed E-state index contributed by atoms with van der Waals surface area (Å²) in [6.45, 7) is 1.90. The minimum atomic E-state index is -0.206. The van der Waals surface area contributed by atoms with Gasteiger partial charge in [-0.15, -0.1) is 0 Å². The smallest absolute Gasteiger partial charge is 0.270 e. The van der Waals surface area contributed by atoms with E-state index in [2.05, 4.69) is 25.5 Å². The molecule has 0 saturated heterocycles. The first kappa shape index (κ1) is 13.9. The van der Waals surface area contributed by atoms with Crippen LogP contribution in [-0.2, 0) is 7.05 Å². The lowest BCUT2D eigenvalue weighted by atomic mass is 10.2. The minimum Gasteiger partial charge on any atom is -0.343 e. The van der Waals surface area contributed by atoms with Gasteiger partial charge in [-0.05, 0) is 31.9 Å². The number of nitrogens with zero attached hydrogens (tertiary/aromatic N) is 6. The van der Waals surface area contributed by atoms with Gasteiger partial charge in [0, 0.05) is 24.9 Å². The molecule has 1 aliphatic carbocycles. The highest BCUT2D eigenvalue weighted by molar-refractivity contribution is 5.93. The fourth-order valence-corrected chi connectivity index (χ4v) is 2.59. The maximum atomic E-state index is 12.7. The molecule has 8 nitrogen and oxygen atoms in total. The second kappa shape index (κ2) is 5.15. The normalized spacial score (nSPS) is 15.7. The van der Waals surface area contributed by atoms with Crippen LogP contribution in [0, 0.1) is 0 Å². The summed E-state index contributed by atoms with van der Waals surface area (Å²) in [6, 6.07) is 3.51. The molecule has 1 N–H and O–H groups in total. The summed E-state index contributed by atoms with van der Waals surface area (Å²) in [4.78, 5) is 21.3. The molecule has 3 aromatic heterocycles. The molecular weight excluding hydrogens is 294 g/mol. The van der Waals surface area contributed by atoms with Gasteiger partial charge in [-0.3, -0.25) is 9.48 Å². The minimum absolute atomic E-state index is 0.195. The third-order valence-corrected chi connectivity index (χ3v) is 4.03. The summed E-state index contributed by atoms with van der Waals surface area (Å²) >= 11 is 0. The lowest BCUT2D eigenvalue weighted by Crippen LogP contribution is -2.29.